The highest BCUT2D eigenvalue weighted by atomic mass is 127. The van der Waals surface area contributed by atoms with Gasteiger partial charge in [-0.25, -0.2) is 4.79 Å². The normalized spacial score (nSPS) is 17.3. The summed E-state index contributed by atoms with van der Waals surface area (Å²) in [7, 11) is 1.61. The van der Waals surface area contributed by atoms with E-state index in [2.05, 4.69) is 34.8 Å². The van der Waals surface area contributed by atoms with Crippen molar-refractivity contribution in [2.24, 2.45) is 0 Å². The quantitative estimate of drug-likeness (QED) is 0.252. The summed E-state index contributed by atoms with van der Waals surface area (Å²) in [6.45, 7) is 2.15. The van der Waals surface area contributed by atoms with Crippen LogP contribution in [-0.2, 0) is 14.2 Å². The zero-order valence-corrected chi connectivity index (χ0v) is 18.6. The minimum absolute atomic E-state index is 0.218. The first kappa shape index (κ1) is 22.4. The number of unbranched alkanes of at least 4 members (excludes halogenated alkanes) is 2. The Morgan fingerprint density at radius 2 is 1.96 bits per heavy atom. The molecule has 1 fully saturated rings. The smallest absolute Gasteiger partial charge is 0.409 e. The number of ether oxygens (including phenoxy) is 3. The summed E-state index contributed by atoms with van der Waals surface area (Å²) >= 11 is 2.26. The van der Waals surface area contributed by atoms with Gasteiger partial charge in [0.25, 0.3) is 0 Å². The number of halogens is 1. The molecule has 1 N–H and O–H groups in total. The minimum atomic E-state index is -0.624. The highest BCUT2D eigenvalue weighted by Gasteiger charge is 2.24. The Balaban J connectivity index is 1.96. The lowest BCUT2D eigenvalue weighted by atomic mass is 9.96. The van der Waals surface area contributed by atoms with Crippen LogP contribution >= 0.6 is 22.6 Å². The van der Waals surface area contributed by atoms with E-state index in [-0.39, 0.29) is 12.1 Å². The molecule has 152 valence electrons. The molecule has 2 atom stereocenters. The maximum Gasteiger partial charge on any atom is 0.409 e. The van der Waals surface area contributed by atoms with E-state index in [0.717, 1.165) is 41.2 Å². The van der Waals surface area contributed by atoms with Crippen molar-refractivity contribution < 1.29 is 19.0 Å². The van der Waals surface area contributed by atoms with Crippen LogP contribution in [0.4, 0.5) is 4.79 Å². The number of nitrogens with one attached hydrogen (secondary N) is 1. The van der Waals surface area contributed by atoms with Crippen molar-refractivity contribution in [1.29, 1.82) is 0 Å². The van der Waals surface area contributed by atoms with Crippen molar-refractivity contribution in [3.63, 3.8) is 0 Å². The van der Waals surface area contributed by atoms with Gasteiger partial charge >= 0.3 is 6.09 Å². The molecule has 0 heterocycles. The van der Waals surface area contributed by atoms with Gasteiger partial charge in [-0.1, -0.05) is 57.2 Å². The molecule has 27 heavy (non-hydrogen) atoms. The van der Waals surface area contributed by atoms with Gasteiger partial charge in [0, 0.05) is 28.7 Å². The van der Waals surface area contributed by atoms with E-state index in [1.807, 2.05) is 24.3 Å². The summed E-state index contributed by atoms with van der Waals surface area (Å²) in [5, 5.41) is 3.00. The summed E-state index contributed by atoms with van der Waals surface area (Å²) in [6, 6.07) is 8.13. The van der Waals surface area contributed by atoms with Crippen LogP contribution in [0, 0.1) is 3.57 Å². The number of hydrogen-bond donors (Lipinski definition) is 1. The number of benzene rings is 1. The molecule has 1 aromatic carbocycles. The van der Waals surface area contributed by atoms with E-state index in [0.29, 0.717) is 6.42 Å². The lowest BCUT2D eigenvalue weighted by Crippen LogP contribution is -2.39. The molecule has 0 aliphatic heterocycles. The molecule has 1 saturated carbocycles. The fraction of sp³-hybridized carbons (Fsp3) is 0.667. The van der Waals surface area contributed by atoms with Gasteiger partial charge in [-0.05, 0) is 47.9 Å². The molecule has 5 nitrogen and oxygen atoms in total. The van der Waals surface area contributed by atoms with E-state index in [4.69, 9.17) is 14.2 Å². The Labute approximate surface area is 176 Å². The Hall–Kier alpha value is -0.860. The summed E-state index contributed by atoms with van der Waals surface area (Å²) in [5.74, 6) is 0. The summed E-state index contributed by atoms with van der Waals surface area (Å²) in [4.78, 5) is 12.4. The van der Waals surface area contributed by atoms with Crippen molar-refractivity contribution in [1.82, 2.24) is 5.32 Å². The Morgan fingerprint density at radius 1 is 1.22 bits per heavy atom. The number of amides is 1. The molecule has 2 rings (SSSR count). The van der Waals surface area contributed by atoms with Crippen molar-refractivity contribution in [2.75, 3.05) is 7.11 Å². The lowest BCUT2D eigenvalue weighted by Gasteiger charge is -2.27. The molecule has 0 radical (unpaired) electrons. The SMILES string of the molecule is CCCCC[C@H](OC(=O)NC1CCCCC1)O[C@H](OC)c1ccccc1I. The predicted molar refractivity (Wildman–Crippen MR) is 114 cm³/mol. The molecule has 1 aliphatic carbocycles. The Bertz CT molecular complexity index is 563. The van der Waals surface area contributed by atoms with Crippen LogP contribution < -0.4 is 5.32 Å². The minimum Gasteiger partial charge on any atom is -0.420 e. The van der Waals surface area contributed by atoms with E-state index in [1.165, 1.54) is 19.3 Å². The van der Waals surface area contributed by atoms with E-state index >= 15 is 0 Å². The second kappa shape index (κ2) is 12.6. The van der Waals surface area contributed by atoms with Gasteiger partial charge in [0.2, 0.25) is 6.29 Å². The highest BCUT2D eigenvalue weighted by molar-refractivity contribution is 14.1. The first-order valence-electron chi connectivity index (χ1n) is 10.0. The topological polar surface area (TPSA) is 56.8 Å². The predicted octanol–water partition coefficient (Wildman–Crippen LogP) is 5.92. The van der Waals surface area contributed by atoms with Crippen LogP contribution in [0.15, 0.2) is 24.3 Å². The van der Waals surface area contributed by atoms with Crippen molar-refractivity contribution in [2.45, 2.75) is 83.3 Å². The lowest BCUT2D eigenvalue weighted by molar-refractivity contribution is -0.225. The molecule has 1 aromatic rings. The van der Waals surface area contributed by atoms with E-state index in [9.17, 15) is 4.79 Å². The maximum absolute atomic E-state index is 12.4. The van der Waals surface area contributed by atoms with Crippen LogP contribution in [0.2, 0.25) is 0 Å². The second-order valence-electron chi connectivity index (χ2n) is 7.04. The highest BCUT2D eigenvalue weighted by Crippen LogP contribution is 2.26. The average Bonchev–Trinajstić information content (AvgIpc) is 2.67. The molecule has 0 saturated heterocycles. The Morgan fingerprint density at radius 3 is 2.63 bits per heavy atom. The monoisotopic (exact) mass is 489 g/mol. The Kier molecular flexibility index (Phi) is 10.4. The summed E-state index contributed by atoms with van der Waals surface area (Å²) < 4.78 is 18.3. The molecule has 6 heteroatoms. The molecule has 1 aliphatic rings. The maximum atomic E-state index is 12.4. The van der Waals surface area contributed by atoms with Gasteiger partial charge in [-0.15, -0.1) is 0 Å². The van der Waals surface area contributed by atoms with Crippen LogP contribution in [-0.4, -0.2) is 25.5 Å². The first-order chi connectivity index (χ1) is 13.1. The third kappa shape index (κ3) is 7.95. The van der Waals surface area contributed by atoms with Crippen molar-refractivity contribution in [3.8, 4) is 0 Å². The summed E-state index contributed by atoms with van der Waals surface area (Å²) in [6.07, 6.45) is 7.85. The fourth-order valence-corrected chi connectivity index (χ4v) is 3.98. The molecule has 1 amide bonds. The molecule has 0 spiro atoms. The van der Waals surface area contributed by atoms with Gasteiger partial charge in [-0.3, -0.25) is 0 Å². The van der Waals surface area contributed by atoms with Crippen LogP contribution in [0.25, 0.3) is 0 Å². The van der Waals surface area contributed by atoms with E-state index in [1.54, 1.807) is 7.11 Å². The molecular formula is C21H32INO4. The number of rotatable bonds is 10. The number of hydrogen-bond acceptors (Lipinski definition) is 4. The molecule has 0 bridgehead atoms. The average molecular weight is 489 g/mol. The van der Waals surface area contributed by atoms with Gasteiger partial charge < -0.3 is 19.5 Å². The van der Waals surface area contributed by atoms with Crippen molar-refractivity contribution in [3.05, 3.63) is 33.4 Å². The number of alkyl carbamates (subject to hydrolysis) is 1. The number of methoxy groups -OCH3 is 1. The number of carbonyl (C=O) groups excluding carboxylic acids is 1. The van der Waals surface area contributed by atoms with Gasteiger partial charge in [0.05, 0.1) is 0 Å². The van der Waals surface area contributed by atoms with Crippen LogP contribution in [0.5, 0.6) is 0 Å². The van der Waals surface area contributed by atoms with Gasteiger partial charge in [-0.2, -0.15) is 0 Å². The zero-order chi connectivity index (χ0) is 19.5. The van der Waals surface area contributed by atoms with Crippen LogP contribution in [0.3, 0.4) is 0 Å². The zero-order valence-electron chi connectivity index (χ0n) is 16.4. The third-order valence-electron chi connectivity index (χ3n) is 4.86. The summed E-state index contributed by atoms with van der Waals surface area (Å²) in [5.41, 5.74) is 0.942. The molecular weight excluding hydrogens is 457 g/mol. The first-order valence-corrected chi connectivity index (χ1v) is 11.1. The second-order valence-corrected chi connectivity index (χ2v) is 8.20. The van der Waals surface area contributed by atoms with Crippen molar-refractivity contribution >= 4 is 28.7 Å². The largest absolute Gasteiger partial charge is 0.420 e. The van der Waals surface area contributed by atoms with Gasteiger partial charge in [0.15, 0.2) is 6.29 Å². The molecule has 0 unspecified atom stereocenters. The van der Waals surface area contributed by atoms with E-state index < -0.39 is 12.6 Å². The third-order valence-corrected chi connectivity index (χ3v) is 5.84. The standard InChI is InChI=1S/C21H32INO4/c1-3-4-6-15-19(27-21(24)23-16-11-7-5-8-12-16)26-20(25-2)17-13-9-10-14-18(17)22/h9-10,13-14,16,19-20H,3-8,11-12,15H2,1-2H3,(H,23,24)/t19-,20-/m0/s1. The number of carbonyl (C=O) groups is 1. The van der Waals surface area contributed by atoms with Gasteiger partial charge in [0.1, 0.15) is 0 Å². The molecule has 0 aromatic heterocycles. The fourth-order valence-electron chi connectivity index (χ4n) is 3.34. The van der Waals surface area contributed by atoms with Crippen LogP contribution in [0.1, 0.15) is 76.6 Å².